The summed E-state index contributed by atoms with van der Waals surface area (Å²) >= 11 is 1.97. The van der Waals surface area contributed by atoms with Crippen molar-refractivity contribution in [3.8, 4) is 11.5 Å². The van der Waals surface area contributed by atoms with Gasteiger partial charge in [-0.25, -0.2) is 0 Å². The van der Waals surface area contributed by atoms with E-state index in [0.717, 1.165) is 16.7 Å². The molecule has 0 saturated heterocycles. The summed E-state index contributed by atoms with van der Waals surface area (Å²) in [5.41, 5.74) is 2.71. The van der Waals surface area contributed by atoms with Gasteiger partial charge in [-0.2, -0.15) is 8.42 Å². The Balaban J connectivity index is 2.47. The standard InChI is InChI=1S/C15H15IO4S/c1-9-4-6-12(7-5-9)21(18,19)20-15-13(17)8-10(2)11(3)14(15)16/h4-8,17H,1-3H3. The van der Waals surface area contributed by atoms with Crippen LogP contribution in [0.4, 0.5) is 0 Å². The Morgan fingerprint density at radius 3 is 2.24 bits per heavy atom. The third kappa shape index (κ3) is 3.32. The summed E-state index contributed by atoms with van der Waals surface area (Å²) in [5.74, 6) is -0.211. The Morgan fingerprint density at radius 1 is 1.10 bits per heavy atom. The van der Waals surface area contributed by atoms with Gasteiger partial charge in [0.25, 0.3) is 0 Å². The van der Waals surface area contributed by atoms with E-state index in [2.05, 4.69) is 0 Å². The number of phenolic OH excluding ortho intramolecular Hbond substituents is 1. The number of hydrogen-bond acceptors (Lipinski definition) is 4. The Morgan fingerprint density at radius 2 is 1.67 bits per heavy atom. The highest BCUT2D eigenvalue weighted by molar-refractivity contribution is 14.1. The van der Waals surface area contributed by atoms with E-state index in [9.17, 15) is 13.5 Å². The minimum absolute atomic E-state index is 0.0284. The van der Waals surface area contributed by atoms with Crippen LogP contribution in [-0.2, 0) is 10.1 Å². The van der Waals surface area contributed by atoms with Crippen molar-refractivity contribution in [3.63, 3.8) is 0 Å². The third-order valence-electron chi connectivity index (χ3n) is 3.21. The molecule has 0 fully saturated rings. The molecular formula is C15H15IO4S. The van der Waals surface area contributed by atoms with Crippen LogP contribution in [0.1, 0.15) is 16.7 Å². The summed E-state index contributed by atoms with van der Waals surface area (Å²) in [4.78, 5) is 0.0570. The molecule has 0 amide bonds. The van der Waals surface area contributed by atoms with Crippen LogP contribution in [-0.4, -0.2) is 13.5 Å². The normalized spacial score (nSPS) is 11.4. The van der Waals surface area contributed by atoms with Gasteiger partial charge in [-0.05, 0) is 72.7 Å². The molecule has 21 heavy (non-hydrogen) atoms. The van der Waals surface area contributed by atoms with Crippen LogP contribution in [0.25, 0.3) is 0 Å². The molecule has 0 aliphatic heterocycles. The van der Waals surface area contributed by atoms with Crippen LogP contribution in [0.2, 0.25) is 0 Å². The Kier molecular flexibility index (Phi) is 4.48. The predicted octanol–water partition coefficient (Wildman–Crippen LogP) is 3.69. The molecule has 0 aliphatic rings. The van der Waals surface area contributed by atoms with Crippen molar-refractivity contribution in [2.24, 2.45) is 0 Å². The van der Waals surface area contributed by atoms with Gasteiger partial charge in [0.1, 0.15) is 4.90 Å². The molecule has 2 rings (SSSR count). The summed E-state index contributed by atoms with van der Waals surface area (Å²) in [7, 11) is -3.97. The highest BCUT2D eigenvalue weighted by atomic mass is 127. The van der Waals surface area contributed by atoms with Crippen molar-refractivity contribution in [1.29, 1.82) is 0 Å². The molecule has 0 unspecified atom stereocenters. The number of aryl methyl sites for hydroxylation is 2. The highest BCUT2D eigenvalue weighted by Crippen LogP contribution is 2.37. The van der Waals surface area contributed by atoms with Gasteiger partial charge in [-0.15, -0.1) is 0 Å². The molecule has 0 aromatic heterocycles. The third-order valence-corrected chi connectivity index (χ3v) is 5.74. The molecule has 4 nitrogen and oxygen atoms in total. The van der Waals surface area contributed by atoms with Crippen molar-refractivity contribution >= 4 is 32.7 Å². The number of rotatable bonds is 3. The van der Waals surface area contributed by atoms with Crippen LogP contribution in [0.3, 0.4) is 0 Å². The van der Waals surface area contributed by atoms with Crippen LogP contribution in [0, 0.1) is 24.3 Å². The van der Waals surface area contributed by atoms with Gasteiger partial charge in [0.05, 0.1) is 3.57 Å². The van der Waals surface area contributed by atoms with Gasteiger partial charge in [-0.1, -0.05) is 17.7 Å². The van der Waals surface area contributed by atoms with E-state index < -0.39 is 10.1 Å². The number of hydrogen-bond donors (Lipinski definition) is 1. The molecular weight excluding hydrogens is 403 g/mol. The van der Waals surface area contributed by atoms with Crippen molar-refractivity contribution in [2.75, 3.05) is 0 Å². The van der Waals surface area contributed by atoms with E-state index in [1.165, 1.54) is 18.2 Å². The van der Waals surface area contributed by atoms with Crippen molar-refractivity contribution in [3.05, 3.63) is 50.6 Å². The predicted molar refractivity (Wildman–Crippen MR) is 89.3 cm³/mol. The molecule has 0 saturated carbocycles. The van der Waals surface area contributed by atoms with E-state index in [4.69, 9.17) is 4.18 Å². The van der Waals surface area contributed by atoms with Gasteiger partial charge < -0.3 is 9.29 Å². The van der Waals surface area contributed by atoms with Crippen LogP contribution >= 0.6 is 22.6 Å². The first-order chi connectivity index (χ1) is 9.72. The fourth-order valence-corrected chi connectivity index (χ4v) is 3.69. The van der Waals surface area contributed by atoms with Crippen LogP contribution in [0.5, 0.6) is 11.5 Å². The van der Waals surface area contributed by atoms with Crippen molar-refractivity contribution in [2.45, 2.75) is 25.7 Å². The number of benzene rings is 2. The maximum Gasteiger partial charge on any atom is 0.339 e. The van der Waals surface area contributed by atoms with Gasteiger partial charge >= 0.3 is 10.1 Å². The topological polar surface area (TPSA) is 63.6 Å². The zero-order chi connectivity index (χ0) is 15.8. The minimum Gasteiger partial charge on any atom is -0.504 e. The molecule has 0 heterocycles. The lowest BCUT2D eigenvalue weighted by atomic mass is 10.1. The maximum absolute atomic E-state index is 12.3. The molecule has 2 aromatic rings. The Hall–Kier alpha value is -1.28. The first kappa shape index (κ1) is 16.1. The lowest BCUT2D eigenvalue weighted by molar-refractivity contribution is 0.425. The smallest absolute Gasteiger partial charge is 0.339 e. The monoisotopic (exact) mass is 418 g/mol. The van der Waals surface area contributed by atoms with E-state index >= 15 is 0 Å². The quantitative estimate of drug-likeness (QED) is 0.610. The average molecular weight is 418 g/mol. The molecule has 0 spiro atoms. The molecule has 1 N–H and O–H groups in total. The van der Waals surface area contributed by atoms with Crippen LogP contribution in [0.15, 0.2) is 35.2 Å². The zero-order valence-corrected chi connectivity index (χ0v) is 14.8. The molecule has 0 bridgehead atoms. The zero-order valence-electron chi connectivity index (χ0n) is 11.8. The molecule has 0 atom stereocenters. The van der Waals surface area contributed by atoms with Gasteiger partial charge in [0.15, 0.2) is 11.5 Å². The minimum atomic E-state index is -3.97. The number of halogens is 1. The first-order valence-corrected chi connectivity index (χ1v) is 8.71. The van der Waals surface area contributed by atoms with E-state index in [1.54, 1.807) is 12.1 Å². The fraction of sp³-hybridized carbons (Fsp3) is 0.200. The largest absolute Gasteiger partial charge is 0.504 e. The number of aromatic hydroxyl groups is 1. The van der Waals surface area contributed by atoms with Crippen molar-refractivity contribution in [1.82, 2.24) is 0 Å². The number of phenols is 1. The van der Waals surface area contributed by atoms with Gasteiger partial charge in [0, 0.05) is 0 Å². The second-order valence-corrected chi connectivity index (χ2v) is 7.46. The first-order valence-electron chi connectivity index (χ1n) is 6.22. The van der Waals surface area contributed by atoms with Gasteiger partial charge in [-0.3, -0.25) is 0 Å². The van der Waals surface area contributed by atoms with E-state index in [-0.39, 0.29) is 16.4 Å². The van der Waals surface area contributed by atoms with E-state index in [1.807, 2.05) is 43.4 Å². The average Bonchev–Trinajstić information content (AvgIpc) is 2.42. The molecule has 0 radical (unpaired) electrons. The molecule has 2 aromatic carbocycles. The summed E-state index contributed by atoms with van der Waals surface area (Å²) in [5, 5.41) is 9.96. The summed E-state index contributed by atoms with van der Waals surface area (Å²) in [6.07, 6.45) is 0. The van der Waals surface area contributed by atoms with E-state index in [0.29, 0.717) is 3.57 Å². The lowest BCUT2D eigenvalue weighted by Crippen LogP contribution is -2.11. The molecule has 112 valence electrons. The summed E-state index contributed by atoms with van der Waals surface area (Å²) in [6, 6.07) is 7.85. The van der Waals surface area contributed by atoms with Crippen LogP contribution < -0.4 is 4.18 Å². The van der Waals surface area contributed by atoms with Gasteiger partial charge in [0.2, 0.25) is 0 Å². The summed E-state index contributed by atoms with van der Waals surface area (Å²) < 4.78 is 30.3. The second-order valence-electron chi connectivity index (χ2n) is 4.83. The fourth-order valence-electron chi connectivity index (χ4n) is 1.78. The second kappa shape index (κ2) is 5.84. The lowest BCUT2D eigenvalue weighted by Gasteiger charge is -2.13. The maximum atomic E-state index is 12.3. The summed E-state index contributed by atoms with van der Waals surface area (Å²) in [6.45, 7) is 5.56. The Bertz CT molecular complexity index is 780. The molecule has 0 aliphatic carbocycles. The molecule has 6 heteroatoms. The SMILES string of the molecule is Cc1ccc(S(=O)(=O)Oc2c(O)cc(C)c(C)c2I)cc1. The Labute approximate surface area is 138 Å². The van der Waals surface area contributed by atoms with Crippen molar-refractivity contribution < 1.29 is 17.7 Å². The highest BCUT2D eigenvalue weighted by Gasteiger charge is 2.22.